The van der Waals surface area contributed by atoms with Gasteiger partial charge in [-0.15, -0.1) is 0 Å². The molecule has 3 saturated carbocycles. The number of nitrogens with two attached hydrogens (primary N) is 1. The summed E-state index contributed by atoms with van der Waals surface area (Å²) >= 11 is 0. The van der Waals surface area contributed by atoms with Crippen LogP contribution >= 0.6 is 0 Å². The maximum Gasteiger partial charge on any atom is -0.00772 e. The highest BCUT2D eigenvalue weighted by molar-refractivity contribution is 5.21. The van der Waals surface area contributed by atoms with Gasteiger partial charge in [0.1, 0.15) is 0 Å². The number of allylic oxidation sites excluding steroid dienone is 1. The van der Waals surface area contributed by atoms with E-state index in [1.807, 2.05) is 0 Å². The lowest BCUT2D eigenvalue weighted by atomic mass is 9.43. The Morgan fingerprint density at radius 2 is 1.93 bits per heavy atom. The summed E-state index contributed by atoms with van der Waals surface area (Å²) in [5.74, 6) is 6.02. The van der Waals surface area contributed by atoms with E-state index in [1.54, 1.807) is 5.57 Å². The van der Waals surface area contributed by atoms with E-state index in [-0.39, 0.29) is 0 Å². The van der Waals surface area contributed by atoms with Gasteiger partial charge in [0.2, 0.25) is 0 Å². The monoisotopic (exact) mass is 373 g/mol. The molecule has 3 rings (SSSR count). The zero-order chi connectivity index (χ0) is 19.6. The quantitative estimate of drug-likeness (QED) is 0.469. The van der Waals surface area contributed by atoms with Gasteiger partial charge in [0, 0.05) is 0 Å². The van der Waals surface area contributed by atoms with Gasteiger partial charge in [0.25, 0.3) is 0 Å². The molecule has 8 atom stereocenters. The third kappa shape index (κ3) is 4.05. The molecule has 27 heavy (non-hydrogen) atoms. The first-order valence-electron chi connectivity index (χ1n) is 12.3. The topological polar surface area (TPSA) is 26.0 Å². The van der Waals surface area contributed by atoms with Gasteiger partial charge in [-0.25, -0.2) is 0 Å². The van der Waals surface area contributed by atoms with Crippen LogP contribution < -0.4 is 5.73 Å². The average Bonchev–Trinajstić information content (AvgIpc) is 2.66. The minimum absolute atomic E-state index is 0.592. The molecule has 0 aromatic rings. The molecule has 3 fully saturated rings. The molecule has 0 bridgehead atoms. The van der Waals surface area contributed by atoms with E-state index in [2.05, 4.69) is 27.7 Å². The van der Waals surface area contributed by atoms with E-state index < -0.39 is 0 Å². The SMILES string of the molecule is C=C1C2C(CCC(C)CCCN)C(C)CC[C@@H]2C2(C)CCCCC2[C@H]1CC. The first kappa shape index (κ1) is 21.4. The van der Waals surface area contributed by atoms with Crippen molar-refractivity contribution in [2.24, 2.45) is 52.6 Å². The zero-order valence-electron chi connectivity index (χ0n) is 18.8. The van der Waals surface area contributed by atoms with E-state index in [0.29, 0.717) is 5.41 Å². The fourth-order valence-corrected chi connectivity index (χ4v) is 7.87. The minimum atomic E-state index is 0.592. The molecule has 1 nitrogen and oxygen atoms in total. The predicted octanol–water partition coefficient (Wildman–Crippen LogP) is 7.21. The Morgan fingerprint density at radius 1 is 1.15 bits per heavy atom. The molecular weight excluding hydrogens is 326 g/mol. The second-order valence-electron chi connectivity index (χ2n) is 10.9. The van der Waals surface area contributed by atoms with Gasteiger partial charge in [0.15, 0.2) is 0 Å². The second-order valence-corrected chi connectivity index (χ2v) is 10.9. The van der Waals surface area contributed by atoms with Crippen LogP contribution in [-0.2, 0) is 0 Å². The van der Waals surface area contributed by atoms with Crippen LogP contribution in [0.15, 0.2) is 12.2 Å². The molecule has 6 unspecified atom stereocenters. The van der Waals surface area contributed by atoms with Crippen molar-refractivity contribution in [1.29, 1.82) is 0 Å². The smallest absolute Gasteiger partial charge is 0.00772 e. The standard InChI is InChI=1S/C26H47N/c1-6-21-20(4)25-22(14-12-18(2)10-9-17-27)19(3)13-15-24(25)26(5)16-8-7-11-23(21)26/h18-19,21-25H,4,6-17,27H2,1-3,5H3/t18?,19?,21-,22?,23?,24-,25?,26?/m0/s1. The molecule has 3 aliphatic carbocycles. The third-order valence-electron chi connectivity index (χ3n) is 9.46. The van der Waals surface area contributed by atoms with Gasteiger partial charge >= 0.3 is 0 Å². The number of rotatable bonds is 7. The van der Waals surface area contributed by atoms with Crippen LogP contribution in [0.5, 0.6) is 0 Å². The van der Waals surface area contributed by atoms with Crippen LogP contribution in [0.1, 0.15) is 98.3 Å². The van der Waals surface area contributed by atoms with Crippen molar-refractivity contribution in [2.75, 3.05) is 6.54 Å². The highest BCUT2D eigenvalue weighted by Crippen LogP contribution is 2.64. The Bertz CT molecular complexity index is 496. The molecule has 0 saturated heterocycles. The molecule has 2 N–H and O–H groups in total. The summed E-state index contributed by atoms with van der Waals surface area (Å²) < 4.78 is 0. The predicted molar refractivity (Wildman–Crippen MR) is 119 cm³/mol. The van der Waals surface area contributed by atoms with Crippen molar-refractivity contribution in [3.63, 3.8) is 0 Å². The van der Waals surface area contributed by atoms with Crippen LogP contribution in [0.25, 0.3) is 0 Å². The van der Waals surface area contributed by atoms with Gasteiger partial charge in [-0.2, -0.15) is 0 Å². The van der Waals surface area contributed by atoms with Gasteiger partial charge < -0.3 is 5.73 Å². The molecule has 0 radical (unpaired) electrons. The molecule has 0 aromatic carbocycles. The molecule has 0 aliphatic heterocycles. The fraction of sp³-hybridized carbons (Fsp3) is 0.923. The summed E-state index contributed by atoms with van der Waals surface area (Å²) in [5, 5.41) is 0. The highest BCUT2D eigenvalue weighted by Gasteiger charge is 2.56. The Labute approximate surface area is 169 Å². The van der Waals surface area contributed by atoms with Crippen molar-refractivity contribution in [3.8, 4) is 0 Å². The summed E-state index contributed by atoms with van der Waals surface area (Å²) in [6.07, 6.45) is 15.4. The normalized spacial score (nSPS) is 43.1. The van der Waals surface area contributed by atoms with Gasteiger partial charge in [-0.05, 0) is 98.3 Å². The minimum Gasteiger partial charge on any atom is -0.330 e. The van der Waals surface area contributed by atoms with Crippen LogP contribution in [-0.4, -0.2) is 6.54 Å². The largest absolute Gasteiger partial charge is 0.330 e. The van der Waals surface area contributed by atoms with Crippen molar-refractivity contribution >= 4 is 0 Å². The molecule has 3 aliphatic rings. The molecule has 0 amide bonds. The van der Waals surface area contributed by atoms with Crippen LogP contribution in [0.3, 0.4) is 0 Å². The van der Waals surface area contributed by atoms with Crippen molar-refractivity contribution in [1.82, 2.24) is 0 Å². The lowest BCUT2D eigenvalue weighted by molar-refractivity contribution is -0.0857. The summed E-state index contributed by atoms with van der Waals surface area (Å²) in [7, 11) is 0. The van der Waals surface area contributed by atoms with Crippen LogP contribution in [0.4, 0.5) is 0 Å². The third-order valence-corrected chi connectivity index (χ3v) is 9.46. The summed E-state index contributed by atoms with van der Waals surface area (Å²) in [6, 6.07) is 0. The van der Waals surface area contributed by atoms with Crippen LogP contribution in [0, 0.1) is 46.8 Å². The zero-order valence-corrected chi connectivity index (χ0v) is 18.8. The van der Waals surface area contributed by atoms with E-state index in [9.17, 15) is 0 Å². The van der Waals surface area contributed by atoms with Gasteiger partial charge in [0.05, 0.1) is 0 Å². The fourth-order valence-electron chi connectivity index (χ4n) is 7.87. The Kier molecular flexibility index (Phi) is 7.15. The summed E-state index contributed by atoms with van der Waals surface area (Å²) in [4.78, 5) is 0. The lowest BCUT2D eigenvalue weighted by Gasteiger charge is -2.62. The lowest BCUT2D eigenvalue weighted by Crippen LogP contribution is -2.54. The van der Waals surface area contributed by atoms with E-state index in [1.165, 1.54) is 70.6 Å². The summed E-state index contributed by atoms with van der Waals surface area (Å²) in [6.45, 7) is 15.8. The van der Waals surface area contributed by atoms with Gasteiger partial charge in [-0.1, -0.05) is 65.5 Å². The van der Waals surface area contributed by atoms with Crippen molar-refractivity contribution in [3.05, 3.63) is 12.2 Å². The Hall–Kier alpha value is -0.300. The maximum atomic E-state index is 5.74. The Balaban J connectivity index is 1.80. The molecule has 156 valence electrons. The van der Waals surface area contributed by atoms with Gasteiger partial charge in [-0.3, -0.25) is 0 Å². The molecular formula is C26H47N. The second kappa shape index (κ2) is 9.02. The van der Waals surface area contributed by atoms with Crippen molar-refractivity contribution in [2.45, 2.75) is 98.3 Å². The average molecular weight is 374 g/mol. The maximum absolute atomic E-state index is 5.74. The molecule has 0 heterocycles. The molecule has 0 spiro atoms. The van der Waals surface area contributed by atoms with Crippen molar-refractivity contribution < 1.29 is 0 Å². The van der Waals surface area contributed by atoms with E-state index in [4.69, 9.17) is 12.3 Å². The number of hydrogen-bond donors (Lipinski definition) is 1. The van der Waals surface area contributed by atoms with E-state index >= 15 is 0 Å². The number of fused-ring (bicyclic) bond motifs is 3. The molecule has 0 aromatic heterocycles. The first-order valence-corrected chi connectivity index (χ1v) is 12.3. The Morgan fingerprint density at radius 3 is 2.63 bits per heavy atom. The van der Waals surface area contributed by atoms with Crippen LogP contribution in [0.2, 0.25) is 0 Å². The van der Waals surface area contributed by atoms with E-state index in [0.717, 1.165) is 48.0 Å². The molecule has 1 heteroatoms. The highest BCUT2D eigenvalue weighted by atomic mass is 14.6. The summed E-state index contributed by atoms with van der Waals surface area (Å²) in [5.41, 5.74) is 8.01. The first-order chi connectivity index (χ1) is 12.9. The number of hydrogen-bond acceptors (Lipinski definition) is 1.